The van der Waals surface area contributed by atoms with Crippen LogP contribution in [0.15, 0.2) is 47.5 Å². The Morgan fingerprint density at radius 3 is 2.29 bits per heavy atom. The minimum atomic E-state index is -0.216. The van der Waals surface area contributed by atoms with E-state index in [-0.39, 0.29) is 11.8 Å². The number of fused-ring (bicyclic) bond motifs is 1. The van der Waals surface area contributed by atoms with Crippen LogP contribution in [0, 0.1) is 0 Å². The van der Waals surface area contributed by atoms with E-state index >= 15 is 0 Å². The smallest absolute Gasteiger partial charge is 0.261 e. The third-order valence-corrected chi connectivity index (χ3v) is 4.18. The lowest BCUT2D eigenvalue weighted by Gasteiger charge is -2.13. The van der Waals surface area contributed by atoms with E-state index in [1.807, 2.05) is 6.07 Å². The van der Waals surface area contributed by atoms with Crippen LogP contribution in [0.4, 0.5) is 5.82 Å². The minimum Gasteiger partial charge on any atom is -0.384 e. The fourth-order valence-electron chi connectivity index (χ4n) is 2.17. The van der Waals surface area contributed by atoms with Crippen molar-refractivity contribution in [3.05, 3.63) is 53.7 Å². The van der Waals surface area contributed by atoms with Gasteiger partial charge in [-0.15, -0.1) is 11.8 Å². The fraction of sp³-hybridized carbons (Fsp3) is 0.133. The monoisotopic (exact) mass is 299 g/mol. The molecule has 5 nitrogen and oxygen atoms in total. The molecule has 6 heteroatoms. The number of carbonyl (C=O) groups is 2. The average Bonchev–Trinajstić information content (AvgIpc) is 2.75. The Hall–Kier alpha value is -2.34. The highest BCUT2D eigenvalue weighted by Crippen LogP contribution is 2.24. The zero-order chi connectivity index (χ0) is 14.8. The number of aromatic nitrogens is 1. The number of imide groups is 1. The molecule has 0 bridgehead atoms. The molecule has 0 unspecified atom stereocenters. The second kappa shape index (κ2) is 5.57. The molecule has 3 rings (SSSR count). The molecule has 2 amide bonds. The molecule has 2 N–H and O–H groups in total. The number of hydrogen-bond donors (Lipinski definition) is 1. The first kappa shape index (κ1) is 13.6. The van der Waals surface area contributed by atoms with E-state index < -0.39 is 0 Å². The summed E-state index contributed by atoms with van der Waals surface area (Å²) in [5.74, 6) is 0.662. The molecule has 106 valence electrons. The normalized spacial score (nSPS) is 13.6. The summed E-state index contributed by atoms with van der Waals surface area (Å²) in [5, 5.41) is 0. The number of hydrogen-bond acceptors (Lipinski definition) is 5. The maximum Gasteiger partial charge on any atom is 0.261 e. The number of carbonyl (C=O) groups excluding carboxylic acids is 2. The predicted octanol–water partition coefficient (Wildman–Crippen LogP) is 2.05. The minimum absolute atomic E-state index is 0.216. The number of nitrogen functional groups attached to an aromatic ring is 1. The third-order valence-electron chi connectivity index (χ3n) is 3.22. The topological polar surface area (TPSA) is 76.3 Å². The highest BCUT2D eigenvalue weighted by Gasteiger charge is 2.34. The molecule has 0 spiro atoms. The van der Waals surface area contributed by atoms with Crippen molar-refractivity contribution >= 4 is 29.4 Å². The Morgan fingerprint density at radius 2 is 1.71 bits per heavy atom. The van der Waals surface area contributed by atoms with Gasteiger partial charge >= 0.3 is 0 Å². The first-order chi connectivity index (χ1) is 10.2. The summed E-state index contributed by atoms with van der Waals surface area (Å²) in [5.41, 5.74) is 6.50. The lowest BCUT2D eigenvalue weighted by molar-refractivity contribution is 0.0664. The standard InChI is InChI=1S/C15H13N3O2S/c16-13-6-5-10(9-17-13)21-8-7-18-14(19)11-3-1-2-4-12(11)15(18)20/h1-6,9H,7-8H2,(H2,16,17). The number of thioether (sulfide) groups is 1. The number of nitrogens with two attached hydrogens (primary N) is 1. The number of pyridine rings is 1. The SMILES string of the molecule is Nc1ccc(SCCN2C(=O)c3ccccc3C2=O)cn1. The van der Waals surface area contributed by atoms with Gasteiger partial charge in [-0.3, -0.25) is 14.5 Å². The summed E-state index contributed by atoms with van der Waals surface area (Å²) in [6.07, 6.45) is 1.68. The number of anilines is 1. The van der Waals surface area contributed by atoms with Crippen LogP contribution in [0.25, 0.3) is 0 Å². The van der Waals surface area contributed by atoms with Crippen LogP contribution in [0.2, 0.25) is 0 Å². The first-order valence-corrected chi connectivity index (χ1v) is 7.45. The van der Waals surface area contributed by atoms with Crippen LogP contribution in [0.3, 0.4) is 0 Å². The van der Waals surface area contributed by atoms with Crippen LogP contribution in [-0.4, -0.2) is 34.0 Å². The quantitative estimate of drug-likeness (QED) is 0.690. The number of amides is 2. The van der Waals surface area contributed by atoms with Crippen molar-refractivity contribution in [2.24, 2.45) is 0 Å². The second-order valence-electron chi connectivity index (χ2n) is 4.57. The van der Waals surface area contributed by atoms with E-state index in [1.165, 1.54) is 16.7 Å². The zero-order valence-corrected chi connectivity index (χ0v) is 12.0. The van der Waals surface area contributed by atoms with Gasteiger partial charge in [0.15, 0.2) is 0 Å². The van der Waals surface area contributed by atoms with Gasteiger partial charge in [0.05, 0.1) is 11.1 Å². The van der Waals surface area contributed by atoms with Gasteiger partial charge in [-0.05, 0) is 24.3 Å². The van der Waals surface area contributed by atoms with Crippen molar-refractivity contribution in [1.29, 1.82) is 0 Å². The molecule has 1 aliphatic rings. The van der Waals surface area contributed by atoms with E-state index in [2.05, 4.69) is 4.98 Å². The average molecular weight is 299 g/mol. The number of nitrogens with zero attached hydrogens (tertiary/aromatic N) is 2. The lowest BCUT2D eigenvalue weighted by atomic mass is 10.1. The van der Waals surface area contributed by atoms with Gasteiger partial charge in [0.2, 0.25) is 0 Å². The Kier molecular flexibility index (Phi) is 3.62. The van der Waals surface area contributed by atoms with E-state index in [9.17, 15) is 9.59 Å². The molecule has 2 heterocycles. The lowest BCUT2D eigenvalue weighted by Crippen LogP contribution is -2.31. The molecule has 1 aromatic heterocycles. The predicted molar refractivity (Wildman–Crippen MR) is 81.2 cm³/mol. The zero-order valence-electron chi connectivity index (χ0n) is 11.2. The maximum absolute atomic E-state index is 12.2. The Labute approximate surface area is 126 Å². The summed E-state index contributed by atoms with van der Waals surface area (Å²) in [4.78, 5) is 30.6. The van der Waals surface area contributed by atoms with Crippen LogP contribution in [0.1, 0.15) is 20.7 Å². The van der Waals surface area contributed by atoms with Crippen molar-refractivity contribution in [1.82, 2.24) is 9.88 Å². The van der Waals surface area contributed by atoms with Crippen LogP contribution >= 0.6 is 11.8 Å². The molecule has 2 aromatic rings. The Morgan fingerprint density at radius 1 is 1.05 bits per heavy atom. The molecule has 0 radical (unpaired) electrons. The van der Waals surface area contributed by atoms with Gasteiger partial charge in [0.1, 0.15) is 5.82 Å². The molecule has 0 saturated heterocycles. The fourth-order valence-corrected chi connectivity index (χ4v) is 2.98. The molecule has 1 aromatic carbocycles. The van der Waals surface area contributed by atoms with Crippen LogP contribution in [0.5, 0.6) is 0 Å². The van der Waals surface area contributed by atoms with Gasteiger partial charge in [-0.2, -0.15) is 0 Å². The number of benzene rings is 1. The molecule has 21 heavy (non-hydrogen) atoms. The van der Waals surface area contributed by atoms with Gasteiger partial charge in [0, 0.05) is 23.4 Å². The Balaban J connectivity index is 1.63. The van der Waals surface area contributed by atoms with Gasteiger partial charge in [-0.1, -0.05) is 12.1 Å². The molecule has 0 atom stereocenters. The van der Waals surface area contributed by atoms with Gasteiger partial charge in [0.25, 0.3) is 11.8 Å². The summed E-state index contributed by atoms with van der Waals surface area (Å²) in [6.45, 7) is 0.376. The van der Waals surface area contributed by atoms with Gasteiger partial charge < -0.3 is 5.73 Å². The van der Waals surface area contributed by atoms with E-state index in [1.54, 1.807) is 36.5 Å². The summed E-state index contributed by atoms with van der Waals surface area (Å²) >= 11 is 1.53. The van der Waals surface area contributed by atoms with E-state index in [0.717, 1.165) is 4.90 Å². The molecule has 1 aliphatic heterocycles. The molecule has 0 fully saturated rings. The molecule has 0 aliphatic carbocycles. The highest BCUT2D eigenvalue weighted by molar-refractivity contribution is 7.99. The summed E-state index contributed by atoms with van der Waals surface area (Å²) < 4.78 is 0. The largest absolute Gasteiger partial charge is 0.384 e. The molecule has 0 saturated carbocycles. The van der Waals surface area contributed by atoms with Crippen molar-refractivity contribution in [2.75, 3.05) is 18.0 Å². The Bertz CT molecular complexity index is 665. The van der Waals surface area contributed by atoms with Crippen molar-refractivity contribution < 1.29 is 9.59 Å². The highest BCUT2D eigenvalue weighted by atomic mass is 32.2. The van der Waals surface area contributed by atoms with E-state index in [4.69, 9.17) is 5.73 Å². The second-order valence-corrected chi connectivity index (χ2v) is 5.74. The van der Waals surface area contributed by atoms with Crippen LogP contribution in [-0.2, 0) is 0 Å². The number of rotatable bonds is 4. The van der Waals surface area contributed by atoms with Gasteiger partial charge in [-0.25, -0.2) is 4.98 Å². The summed E-state index contributed by atoms with van der Waals surface area (Å²) in [7, 11) is 0. The molecular weight excluding hydrogens is 286 g/mol. The maximum atomic E-state index is 12.2. The first-order valence-electron chi connectivity index (χ1n) is 6.46. The summed E-state index contributed by atoms with van der Waals surface area (Å²) in [6, 6.07) is 10.5. The van der Waals surface area contributed by atoms with E-state index in [0.29, 0.717) is 29.2 Å². The van der Waals surface area contributed by atoms with Crippen molar-refractivity contribution in [3.8, 4) is 0 Å². The van der Waals surface area contributed by atoms with Crippen molar-refractivity contribution in [2.45, 2.75) is 4.90 Å². The van der Waals surface area contributed by atoms with Crippen LogP contribution < -0.4 is 5.73 Å². The van der Waals surface area contributed by atoms with Crippen molar-refractivity contribution in [3.63, 3.8) is 0 Å². The third kappa shape index (κ3) is 2.62. The molecular formula is C15H13N3O2S.